The van der Waals surface area contributed by atoms with Gasteiger partial charge in [0, 0.05) is 42.7 Å². The Morgan fingerprint density at radius 2 is 1.94 bits per heavy atom. The van der Waals surface area contributed by atoms with Crippen molar-refractivity contribution in [1.29, 1.82) is 0 Å². The topological polar surface area (TPSA) is 75.0 Å². The van der Waals surface area contributed by atoms with Crippen molar-refractivity contribution in [3.05, 3.63) is 71.7 Å². The SMILES string of the molecule is O=C1CC(c2noc(-c3ccc4cc[nH]c4c3)n2)CN1Cc1ccc(C(F)(F)F)cc1. The van der Waals surface area contributed by atoms with Gasteiger partial charge in [0.1, 0.15) is 0 Å². The highest BCUT2D eigenvalue weighted by Gasteiger charge is 2.34. The summed E-state index contributed by atoms with van der Waals surface area (Å²) in [4.78, 5) is 21.7. The molecule has 1 aliphatic rings. The molecule has 1 fully saturated rings. The number of carbonyl (C=O) groups is 1. The molecule has 2 aromatic carbocycles. The molecular formula is C22H17F3N4O2. The molecule has 31 heavy (non-hydrogen) atoms. The Labute approximate surface area is 174 Å². The molecule has 9 heteroatoms. The maximum atomic E-state index is 12.7. The molecule has 1 unspecified atom stereocenters. The lowest BCUT2D eigenvalue weighted by atomic mass is 10.1. The molecule has 2 aromatic heterocycles. The van der Waals surface area contributed by atoms with E-state index in [0.29, 0.717) is 23.8 Å². The van der Waals surface area contributed by atoms with Gasteiger partial charge >= 0.3 is 6.18 Å². The first-order valence-electron chi connectivity index (χ1n) is 9.72. The van der Waals surface area contributed by atoms with Crippen molar-refractivity contribution in [3.63, 3.8) is 0 Å². The minimum Gasteiger partial charge on any atom is -0.361 e. The highest BCUT2D eigenvalue weighted by molar-refractivity contribution is 5.83. The van der Waals surface area contributed by atoms with Gasteiger partial charge in [-0.3, -0.25) is 4.79 Å². The molecule has 1 atom stereocenters. The van der Waals surface area contributed by atoms with Crippen LogP contribution in [0.1, 0.15) is 29.3 Å². The van der Waals surface area contributed by atoms with Crippen molar-refractivity contribution >= 4 is 16.8 Å². The molecule has 5 rings (SSSR count). The first-order valence-corrected chi connectivity index (χ1v) is 9.72. The lowest BCUT2D eigenvalue weighted by Gasteiger charge is -2.16. The van der Waals surface area contributed by atoms with E-state index < -0.39 is 11.7 Å². The van der Waals surface area contributed by atoms with E-state index in [4.69, 9.17) is 4.52 Å². The molecule has 158 valence electrons. The predicted molar refractivity (Wildman–Crippen MR) is 106 cm³/mol. The second kappa shape index (κ2) is 7.26. The number of likely N-dealkylation sites (tertiary alicyclic amines) is 1. The molecule has 1 amide bonds. The summed E-state index contributed by atoms with van der Waals surface area (Å²) in [5.41, 5.74) is 1.66. The Bertz CT molecular complexity index is 1240. The lowest BCUT2D eigenvalue weighted by Crippen LogP contribution is -2.24. The van der Waals surface area contributed by atoms with Gasteiger partial charge in [-0.25, -0.2) is 0 Å². The number of aromatic amines is 1. The van der Waals surface area contributed by atoms with E-state index >= 15 is 0 Å². The molecule has 0 saturated carbocycles. The normalized spacial score (nSPS) is 17.1. The molecule has 1 N–H and O–H groups in total. The van der Waals surface area contributed by atoms with Crippen LogP contribution in [0.15, 0.2) is 59.3 Å². The van der Waals surface area contributed by atoms with Crippen molar-refractivity contribution < 1.29 is 22.5 Å². The number of carbonyl (C=O) groups excluding carboxylic acids is 1. The number of aromatic nitrogens is 3. The average molecular weight is 426 g/mol. The van der Waals surface area contributed by atoms with Gasteiger partial charge in [-0.05, 0) is 41.3 Å². The van der Waals surface area contributed by atoms with Crippen LogP contribution < -0.4 is 0 Å². The molecule has 6 nitrogen and oxygen atoms in total. The van der Waals surface area contributed by atoms with Crippen LogP contribution >= 0.6 is 0 Å². The third-order valence-corrected chi connectivity index (χ3v) is 5.48. The number of nitrogens with one attached hydrogen (secondary N) is 1. The van der Waals surface area contributed by atoms with Crippen molar-refractivity contribution in [3.8, 4) is 11.5 Å². The number of alkyl halides is 3. The number of nitrogens with zero attached hydrogens (tertiary/aromatic N) is 3. The number of hydrogen-bond acceptors (Lipinski definition) is 4. The van der Waals surface area contributed by atoms with E-state index in [-0.39, 0.29) is 24.8 Å². The zero-order valence-electron chi connectivity index (χ0n) is 16.2. The fourth-order valence-corrected chi connectivity index (χ4v) is 3.82. The van der Waals surface area contributed by atoms with Crippen LogP contribution in [-0.4, -0.2) is 32.5 Å². The number of halogens is 3. The summed E-state index contributed by atoms with van der Waals surface area (Å²) in [7, 11) is 0. The van der Waals surface area contributed by atoms with Crippen LogP contribution in [0.2, 0.25) is 0 Å². The Morgan fingerprint density at radius 1 is 1.13 bits per heavy atom. The van der Waals surface area contributed by atoms with Crippen molar-refractivity contribution in [2.24, 2.45) is 0 Å². The van der Waals surface area contributed by atoms with Crippen LogP contribution in [0, 0.1) is 0 Å². The van der Waals surface area contributed by atoms with E-state index in [1.54, 1.807) is 4.90 Å². The number of fused-ring (bicyclic) bond motifs is 1. The summed E-state index contributed by atoms with van der Waals surface area (Å²) in [5, 5.41) is 5.13. The van der Waals surface area contributed by atoms with E-state index in [9.17, 15) is 18.0 Å². The van der Waals surface area contributed by atoms with Crippen molar-refractivity contribution in [1.82, 2.24) is 20.0 Å². The van der Waals surface area contributed by atoms with Crippen LogP contribution in [0.5, 0.6) is 0 Å². The quantitative estimate of drug-likeness (QED) is 0.511. The summed E-state index contributed by atoms with van der Waals surface area (Å²) >= 11 is 0. The standard InChI is InChI=1S/C22H17F3N4O2/c23-22(24,25)17-5-1-13(2-6-17)11-29-12-16(10-19(29)30)20-27-21(31-28-20)15-4-3-14-7-8-26-18(14)9-15/h1-9,16,26H,10-12H2. The summed E-state index contributed by atoms with van der Waals surface area (Å²) < 4.78 is 43.6. The molecule has 0 spiro atoms. The number of rotatable bonds is 4. The Morgan fingerprint density at radius 3 is 2.71 bits per heavy atom. The second-order valence-electron chi connectivity index (χ2n) is 7.61. The highest BCUT2D eigenvalue weighted by atomic mass is 19.4. The fourth-order valence-electron chi connectivity index (χ4n) is 3.82. The fraction of sp³-hybridized carbons (Fsp3) is 0.227. The van der Waals surface area contributed by atoms with Crippen LogP contribution in [0.25, 0.3) is 22.4 Å². The van der Waals surface area contributed by atoms with Gasteiger partial charge in [0.2, 0.25) is 5.91 Å². The van der Waals surface area contributed by atoms with E-state index in [1.807, 2.05) is 30.5 Å². The third-order valence-electron chi connectivity index (χ3n) is 5.48. The zero-order valence-corrected chi connectivity index (χ0v) is 16.2. The van der Waals surface area contributed by atoms with Crippen molar-refractivity contribution in [2.75, 3.05) is 6.54 Å². The Kier molecular flexibility index (Phi) is 4.53. The van der Waals surface area contributed by atoms with Gasteiger partial charge in [-0.2, -0.15) is 18.2 Å². The highest BCUT2D eigenvalue weighted by Crippen LogP contribution is 2.32. The summed E-state index contributed by atoms with van der Waals surface area (Å²) in [6, 6.07) is 12.6. The third kappa shape index (κ3) is 3.78. The monoisotopic (exact) mass is 426 g/mol. The number of benzene rings is 2. The predicted octanol–water partition coefficient (Wildman–Crippen LogP) is 4.75. The zero-order chi connectivity index (χ0) is 21.6. The minimum absolute atomic E-state index is 0.0935. The molecule has 0 radical (unpaired) electrons. The Balaban J connectivity index is 1.29. The van der Waals surface area contributed by atoms with E-state index in [0.717, 1.165) is 28.6 Å². The van der Waals surface area contributed by atoms with E-state index in [1.165, 1.54) is 12.1 Å². The van der Waals surface area contributed by atoms with Gasteiger partial charge in [-0.15, -0.1) is 0 Å². The Hall–Kier alpha value is -3.62. The van der Waals surface area contributed by atoms with Gasteiger partial charge in [0.15, 0.2) is 5.82 Å². The van der Waals surface area contributed by atoms with Crippen LogP contribution in [0.3, 0.4) is 0 Å². The molecule has 1 aliphatic heterocycles. The average Bonchev–Trinajstić information content (AvgIpc) is 3.47. The van der Waals surface area contributed by atoms with Gasteiger partial charge in [0.05, 0.1) is 5.56 Å². The second-order valence-corrected chi connectivity index (χ2v) is 7.61. The summed E-state index contributed by atoms with van der Waals surface area (Å²) in [6.45, 7) is 0.621. The molecular weight excluding hydrogens is 409 g/mol. The lowest BCUT2D eigenvalue weighted by molar-refractivity contribution is -0.137. The number of amides is 1. The molecule has 0 aliphatic carbocycles. The number of hydrogen-bond donors (Lipinski definition) is 1. The summed E-state index contributed by atoms with van der Waals surface area (Å²) in [6.07, 6.45) is -2.30. The molecule has 4 aromatic rings. The van der Waals surface area contributed by atoms with E-state index in [2.05, 4.69) is 15.1 Å². The van der Waals surface area contributed by atoms with Crippen LogP contribution in [-0.2, 0) is 17.5 Å². The van der Waals surface area contributed by atoms with Gasteiger partial charge < -0.3 is 14.4 Å². The maximum absolute atomic E-state index is 12.7. The molecule has 3 heterocycles. The first kappa shape index (κ1) is 19.3. The number of H-pyrrole nitrogens is 1. The minimum atomic E-state index is -4.38. The largest absolute Gasteiger partial charge is 0.416 e. The smallest absolute Gasteiger partial charge is 0.361 e. The van der Waals surface area contributed by atoms with Crippen molar-refractivity contribution in [2.45, 2.75) is 25.1 Å². The summed E-state index contributed by atoms with van der Waals surface area (Å²) in [5.74, 6) is 0.503. The van der Waals surface area contributed by atoms with Crippen LogP contribution in [0.4, 0.5) is 13.2 Å². The maximum Gasteiger partial charge on any atom is 0.416 e. The molecule has 0 bridgehead atoms. The van der Waals surface area contributed by atoms with Gasteiger partial charge in [0.25, 0.3) is 5.89 Å². The van der Waals surface area contributed by atoms with Gasteiger partial charge in [-0.1, -0.05) is 23.4 Å². The first-order chi connectivity index (χ1) is 14.9. The molecule has 1 saturated heterocycles.